The Labute approximate surface area is 602 Å². The Hall–Kier alpha value is -7.86. The molecule has 0 spiro atoms. The Morgan fingerprint density at radius 2 is 1.01 bits per heavy atom. The molecule has 0 bridgehead atoms. The van der Waals surface area contributed by atoms with Gasteiger partial charge in [0.2, 0.25) is 0 Å². The molecule has 2 saturated carbocycles. The Kier molecular flexibility index (Phi) is 25.5. The Morgan fingerprint density at radius 1 is 0.594 bits per heavy atom. The van der Waals surface area contributed by atoms with Crippen LogP contribution < -0.4 is 30.0 Å². The number of primary sulfonamides is 1. The number of carboxylic acid groups (broad SMARTS) is 1. The van der Waals surface area contributed by atoms with Crippen LogP contribution in [-0.2, 0) is 29.5 Å². The summed E-state index contributed by atoms with van der Waals surface area (Å²) in [6.07, 6.45) is 20.5. The zero-order valence-electron chi connectivity index (χ0n) is 59.8. The zero-order chi connectivity index (χ0) is 73.9. The minimum absolute atomic E-state index is 0.0354. The number of carbonyl (C=O) groups excluding carboxylic acids is 3. The number of unbranched alkanes of at least 4 members (excludes halogenated alkanes) is 2. The van der Waals surface area contributed by atoms with E-state index < -0.39 is 43.1 Å². The molecule has 10 rings (SSSR count). The summed E-state index contributed by atoms with van der Waals surface area (Å²) in [7, 11) is -8.12. The predicted octanol–water partition coefficient (Wildman–Crippen LogP) is 13.2. The molecule has 27 nitrogen and oxygen atoms in total. The minimum atomic E-state index is -4.32. The number of nitrogens with one attached hydrogen (secondary N) is 3. The lowest BCUT2D eigenvalue weighted by Crippen LogP contribution is -2.45. The Morgan fingerprint density at radius 3 is 1.41 bits per heavy atom. The molecule has 6 aromatic rings. The monoisotopic (exact) mass is 1480 g/mol. The molecule has 0 aromatic carbocycles. The van der Waals surface area contributed by atoms with E-state index in [4.69, 9.17) is 52.4 Å². The molecule has 3 amide bonds. The molecule has 0 radical (unpaired) electrons. The lowest BCUT2D eigenvalue weighted by atomic mass is 9.93. The average Bonchev–Trinajstić information content (AvgIpc) is 1.74. The third-order valence-corrected chi connectivity index (χ3v) is 20.6. The number of amides is 3. The van der Waals surface area contributed by atoms with Gasteiger partial charge >= 0.3 is 18.2 Å². The molecule has 2 unspecified atom stereocenters. The van der Waals surface area contributed by atoms with E-state index in [-0.39, 0.29) is 54.7 Å². The van der Waals surface area contributed by atoms with Crippen molar-refractivity contribution < 1.29 is 60.1 Å². The molecule has 4 fully saturated rings. The number of rotatable bonds is 27. The van der Waals surface area contributed by atoms with E-state index in [0.717, 1.165) is 64.2 Å². The van der Waals surface area contributed by atoms with Crippen molar-refractivity contribution in [2.45, 2.75) is 205 Å². The second-order valence-electron chi connectivity index (χ2n) is 30.4. The van der Waals surface area contributed by atoms with Crippen LogP contribution in [-0.4, -0.2) is 157 Å². The van der Waals surface area contributed by atoms with Gasteiger partial charge in [-0.05, 0) is 217 Å². The first-order chi connectivity index (χ1) is 47.2. The van der Waals surface area contributed by atoms with Gasteiger partial charge in [0.05, 0.1) is 49.1 Å². The van der Waals surface area contributed by atoms with Crippen molar-refractivity contribution in [1.29, 1.82) is 0 Å². The lowest BCUT2D eigenvalue weighted by molar-refractivity contribution is 0.0118. The maximum absolute atomic E-state index is 13.1. The fraction of sp³-hybridized carbons (Fsp3) is 0.571. The standard InChI is InChI=1S/C35H48ClN7O6S.C20H34N4O4S.C15H16ClN3O3/c1-33(2,3)49-32(45)42-22-24(20-34(42,4)5)10-7-8-18-37-27-11-9-12-29(39-27)50(46,47)41-31(44)26-13-14-28(40-30(26)36)43-23-25(21-38-43)48-19-17-35(6)15-16-35;1-19(2,3)28-18(25)24-14-15(13-20(24,4)5)9-6-7-12-22-16-10-8-11-17(23-16)29(21,26)27;1-15(4-5-15)6-7-22-10-8-17-19(9-10)12-3-2-11(14(20)21)13(16)18-12/h9,11-14,21,23-24H,7-8,10,15-20,22H2,1-6H3,(H,37,39)(H,41,44);8,10-11,15H,6-7,9,12-14H2,1-5H3,(H,22,23)(H2,21,26,27);2-3,8-9H,4-7H2,1H3,(H,20,21). The lowest BCUT2D eigenvalue weighted by Gasteiger charge is -2.33. The molecule has 8 heterocycles. The number of carbonyl (C=O) groups is 4. The highest BCUT2D eigenvalue weighted by Gasteiger charge is 2.44. The SMILES string of the molecule is CC(C)(C)OC(=O)N1CC(CCCCNc2cccc(S(N)(=O)=O)n2)CC1(C)C.CC1(CCOc2cnn(-c3ccc(C(=O)NS(=O)(=O)c4cccc(NCCCCC5CN(C(=O)OC(C)(C)C)C(C)(C)C5)n4)c(Cl)n3)c2)CC1.CC1(CCOc2cnn(-c3ccc(C(=O)O)c(Cl)n3)c2)CC1. The number of anilines is 2. The van der Waals surface area contributed by atoms with Crippen LogP contribution in [0.2, 0.25) is 10.3 Å². The maximum atomic E-state index is 13.1. The Bertz CT molecular complexity index is 4110. The summed E-state index contributed by atoms with van der Waals surface area (Å²) in [5, 5.41) is 28.1. The van der Waals surface area contributed by atoms with Gasteiger partial charge in [-0.3, -0.25) is 4.79 Å². The molecule has 2 aliphatic heterocycles. The number of hydrogen-bond donors (Lipinski definition) is 5. The van der Waals surface area contributed by atoms with Crippen LogP contribution in [0.3, 0.4) is 0 Å². The first-order valence-electron chi connectivity index (χ1n) is 34.1. The molecule has 2 saturated heterocycles. The van der Waals surface area contributed by atoms with Crippen LogP contribution in [0.4, 0.5) is 21.2 Å². The van der Waals surface area contributed by atoms with Crippen LogP contribution in [0, 0.1) is 22.7 Å². The van der Waals surface area contributed by atoms with Gasteiger partial charge in [-0.2, -0.15) is 18.6 Å². The van der Waals surface area contributed by atoms with Crippen LogP contribution in [0.5, 0.6) is 11.5 Å². The van der Waals surface area contributed by atoms with Crippen LogP contribution in [0.1, 0.15) is 194 Å². The van der Waals surface area contributed by atoms with Gasteiger partial charge in [-0.1, -0.05) is 62.0 Å². The summed E-state index contributed by atoms with van der Waals surface area (Å²) in [5.74, 6) is 1.66. The van der Waals surface area contributed by atoms with Crippen LogP contribution in [0.15, 0.2) is 95.5 Å². The number of pyridine rings is 4. The quantitative estimate of drug-likeness (QED) is 0.0236. The van der Waals surface area contributed by atoms with E-state index in [2.05, 4.69) is 82.3 Å². The molecule has 2 aliphatic carbocycles. The summed E-state index contributed by atoms with van der Waals surface area (Å²) < 4.78 is 76.6. The second-order valence-corrected chi connectivity index (χ2v) is 34.2. The number of aromatic carboxylic acids is 1. The number of aromatic nitrogens is 8. The molecular formula is C70H98Cl2N14O13S2. The minimum Gasteiger partial charge on any atom is -0.490 e. The fourth-order valence-electron chi connectivity index (χ4n) is 11.8. The van der Waals surface area contributed by atoms with E-state index in [1.165, 1.54) is 65.4 Å². The van der Waals surface area contributed by atoms with Gasteiger partial charge in [0.15, 0.2) is 33.2 Å². The molecule has 6 N–H and O–H groups in total. The number of sulfonamides is 2. The van der Waals surface area contributed by atoms with Crippen molar-refractivity contribution in [3.8, 4) is 23.1 Å². The summed E-state index contributed by atoms with van der Waals surface area (Å²) >= 11 is 12.2. The van der Waals surface area contributed by atoms with Gasteiger partial charge in [-0.15, -0.1) is 0 Å². The van der Waals surface area contributed by atoms with Crippen LogP contribution in [0.25, 0.3) is 11.6 Å². The molecular weight excluding hydrogens is 1380 g/mol. The van der Waals surface area contributed by atoms with E-state index in [0.29, 0.717) is 96.8 Å². The number of nitrogens with zero attached hydrogens (tertiary/aromatic N) is 10. The number of nitrogens with two attached hydrogens (primary N) is 1. The summed E-state index contributed by atoms with van der Waals surface area (Å²) in [4.78, 5) is 69.3. The number of ether oxygens (including phenoxy) is 4. The van der Waals surface area contributed by atoms with Crippen molar-refractivity contribution in [2.24, 2.45) is 27.8 Å². The highest BCUT2D eigenvalue weighted by atomic mass is 35.5. The van der Waals surface area contributed by atoms with E-state index in [9.17, 15) is 36.0 Å². The van der Waals surface area contributed by atoms with E-state index in [1.54, 1.807) is 55.1 Å². The number of hydrogen-bond acceptors (Lipinski definition) is 20. The average molecular weight is 1480 g/mol. The summed E-state index contributed by atoms with van der Waals surface area (Å²) in [6.45, 7) is 28.0. The molecule has 552 valence electrons. The zero-order valence-corrected chi connectivity index (χ0v) is 63.0. The highest BCUT2D eigenvalue weighted by Crippen LogP contribution is 2.49. The number of likely N-dealkylation sites (tertiary alicyclic amines) is 2. The fourth-order valence-corrected chi connectivity index (χ4v) is 13.6. The third-order valence-electron chi connectivity index (χ3n) is 18.0. The largest absolute Gasteiger partial charge is 0.490 e. The summed E-state index contributed by atoms with van der Waals surface area (Å²) in [6, 6.07) is 15.1. The Balaban J connectivity index is 0.000000214. The van der Waals surface area contributed by atoms with Gasteiger partial charge in [0.25, 0.3) is 26.0 Å². The molecule has 101 heavy (non-hydrogen) atoms. The van der Waals surface area contributed by atoms with Crippen LogP contribution >= 0.6 is 23.2 Å². The van der Waals surface area contributed by atoms with Crippen molar-refractivity contribution in [2.75, 3.05) is 50.0 Å². The van der Waals surface area contributed by atoms with Gasteiger partial charge in [0.1, 0.15) is 33.1 Å². The summed E-state index contributed by atoms with van der Waals surface area (Å²) in [5.41, 5.74) is -0.820. The van der Waals surface area contributed by atoms with Gasteiger partial charge in [-0.25, -0.2) is 62.0 Å². The van der Waals surface area contributed by atoms with E-state index in [1.807, 2.05) is 56.1 Å². The number of halogens is 2. The van der Waals surface area contributed by atoms with E-state index >= 15 is 0 Å². The second kappa shape index (κ2) is 32.6. The normalized spacial score (nSPS) is 17.9. The van der Waals surface area contributed by atoms with Gasteiger partial charge in [0, 0.05) is 37.3 Å². The molecule has 4 aliphatic rings. The highest BCUT2D eigenvalue weighted by molar-refractivity contribution is 7.90. The van der Waals surface area contributed by atoms with Crippen molar-refractivity contribution >= 4 is 78.9 Å². The topological polar surface area (TPSA) is 350 Å². The third kappa shape index (κ3) is 23.9. The first kappa shape index (κ1) is 78.9. The van der Waals surface area contributed by atoms with Crippen molar-refractivity contribution in [3.05, 3.63) is 107 Å². The molecule has 2 atom stereocenters. The van der Waals surface area contributed by atoms with Crippen molar-refractivity contribution in [1.82, 2.24) is 54.0 Å². The first-order valence-corrected chi connectivity index (χ1v) is 37.9. The van der Waals surface area contributed by atoms with Crippen molar-refractivity contribution in [3.63, 3.8) is 0 Å². The smallest absolute Gasteiger partial charge is 0.410 e. The predicted molar refractivity (Wildman–Crippen MR) is 384 cm³/mol. The maximum Gasteiger partial charge on any atom is 0.410 e. The van der Waals surface area contributed by atoms with Gasteiger partial charge < -0.3 is 44.5 Å². The molecule has 6 aromatic heterocycles. The molecule has 31 heteroatoms. The number of carboxylic acids is 1.